The average Bonchev–Trinajstić information content (AvgIpc) is 1.64. The SMILES string of the molecule is Clc1ccc2nc(-c3ccccc3)c3ccn4c(-c5ccc6ccccc6c5)c(-c5ccccc5)nc4c3c2c1.c1ccc(-c2nc(-c3ccccc3)nc(-c3ccc(-c4ccc5nc(-c6ccccc6)c6ccn7c(-c8ccc9ccccc9c8)c(-c8ccccc8)nc7c6c5c4)cc3)n2)cc1. The zero-order valence-corrected chi connectivity index (χ0v) is 56.1. The van der Waals surface area contributed by atoms with Crippen molar-refractivity contribution in [2.75, 3.05) is 0 Å². The predicted octanol–water partition coefficient (Wildman–Crippen LogP) is 23.9. The zero-order chi connectivity index (χ0) is 68.3. The van der Waals surface area contributed by atoms with Gasteiger partial charge in [0.25, 0.3) is 0 Å². The number of imidazole rings is 2. The number of benzene rings is 13. The molecule has 0 aliphatic heterocycles. The average molecular weight is 1340 g/mol. The number of halogens is 1. The van der Waals surface area contributed by atoms with Gasteiger partial charge in [0.1, 0.15) is 11.3 Å². The highest BCUT2D eigenvalue weighted by molar-refractivity contribution is 6.32. The molecule has 0 radical (unpaired) electrons. The standard InChI is InChI=1S/C57H36N6.C36H22ClN3/c1-5-16-39(17-6-1)51-47-33-34-63-53(46-30-27-37-15-13-14-24-44(37)35-46)52(40-18-7-2-8-19-40)59-57(63)50(47)48-36-45(31-32-49(48)58-51)38-25-28-43(29-26-38)56-61-54(41-20-9-3-10-21-41)60-55(62-56)42-22-11-4-12-23-42;37-28-17-18-31-30(22-28)32-29(33(38-31)24-10-3-1-4-11-24)19-20-40-35(27-16-15-23-9-7-8-14-26(23)21-27)34(39-36(32)40)25-12-5-2-6-13-25/h1-36H;1-22H. The first-order valence-corrected chi connectivity index (χ1v) is 34.7. The normalized spacial score (nSPS) is 11.5. The molecule has 9 nitrogen and oxygen atoms in total. The Labute approximate surface area is 597 Å². The minimum absolute atomic E-state index is 0.620. The summed E-state index contributed by atoms with van der Waals surface area (Å²) in [6.45, 7) is 0. The molecule has 7 heterocycles. The van der Waals surface area contributed by atoms with Crippen LogP contribution in [-0.4, -0.2) is 43.7 Å². The second-order valence-electron chi connectivity index (χ2n) is 25.7. The van der Waals surface area contributed by atoms with E-state index < -0.39 is 0 Å². The van der Waals surface area contributed by atoms with Crippen LogP contribution in [0.3, 0.4) is 0 Å². The number of rotatable bonds is 10. The van der Waals surface area contributed by atoms with Gasteiger partial charge in [-0.3, -0.25) is 8.80 Å². The largest absolute Gasteiger partial charge is 0.298 e. The van der Waals surface area contributed by atoms with Crippen molar-refractivity contribution in [3.63, 3.8) is 0 Å². The minimum atomic E-state index is 0.620. The Morgan fingerprint density at radius 3 is 0.971 bits per heavy atom. The molecule has 0 amide bonds. The Bertz CT molecular complexity index is 6590. The number of aromatic nitrogens is 9. The van der Waals surface area contributed by atoms with Gasteiger partial charge in [-0.25, -0.2) is 34.9 Å². The molecule has 20 rings (SSSR count). The van der Waals surface area contributed by atoms with Gasteiger partial charge in [0, 0.05) is 99.8 Å². The van der Waals surface area contributed by atoms with E-state index in [1.54, 1.807) is 0 Å². The van der Waals surface area contributed by atoms with Gasteiger partial charge < -0.3 is 0 Å². The van der Waals surface area contributed by atoms with Crippen molar-refractivity contribution in [2.24, 2.45) is 0 Å². The van der Waals surface area contributed by atoms with Gasteiger partial charge in [-0.15, -0.1) is 0 Å². The molecule has 0 fully saturated rings. The molecule has 0 aliphatic rings. The molecule has 0 aliphatic carbocycles. The van der Waals surface area contributed by atoms with Gasteiger partial charge in [-0.2, -0.15) is 0 Å². The van der Waals surface area contributed by atoms with Crippen LogP contribution in [0.15, 0.2) is 352 Å². The molecule has 0 unspecified atom stereocenters. The summed E-state index contributed by atoms with van der Waals surface area (Å²) in [5.74, 6) is 1.89. The number of fused-ring (bicyclic) bond motifs is 12. The van der Waals surface area contributed by atoms with Crippen molar-refractivity contribution in [3.8, 4) is 113 Å². The Kier molecular flexibility index (Phi) is 15.1. The van der Waals surface area contributed by atoms with E-state index in [1.807, 2.05) is 109 Å². The predicted molar refractivity (Wildman–Crippen MR) is 424 cm³/mol. The number of hydrogen-bond acceptors (Lipinski definition) is 7. The minimum Gasteiger partial charge on any atom is -0.298 e. The lowest BCUT2D eigenvalue weighted by Crippen LogP contribution is -2.00. The lowest BCUT2D eigenvalue weighted by atomic mass is 9.97. The van der Waals surface area contributed by atoms with Gasteiger partial charge in [-0.05, 0) is 87.3 Å². The summed E-state index contributed by atoms with van der Waals surface area (Å²) in [7, 11) is 0. The monoisotopic (exact) mass is 1340 g/mol. The second-order valence-corrected chi connectivity index (χ2v) is 26.2. The number of nitrogens with zero attached hydrogens (tertiary/aromatic N) is 9. The summed E-state index contributed by atoms with van der Waals surface area (Å²) in [5, 5.41) is 11.7. The maximum atomic E-state index is 6.56. The first-order valence-electron chi connectivity index (χ1n) is 34.4. The van der Waals surface area contributed by atoms with Crippen molar-refractivity contribution >= 4 is 87.8 Å². The maximum absolute atomic E-state index is 6.56. The van der Waals surface area contributed by atoms with Gasteiger partial charge in [-0.1, -0.05) is 297 Å². The van der Waals surface area contributed by atoms with Crippen LogP contribution in [0, 0.1) is 0 Å². The molecule has 0 atom stereocenters. The summed E-state index contributed by atoms with van der Waals surface area (Å²) in [5.41, 5.74) is 20.8. The van der Waals surface area contributed by atoms with Gasteiger partial charge >= 0.3 is 0 Å². The third-order valence-electron chi connectivity index (χ3n) is 19.5. The van der Waals surface area contributed by atoms with E-state index in [0.717, 1.165) is 150 Å². The Morgan fingerprint density at radius 2 is 0.544 bits per heavy atom. The molecular formula is C93H58ClN9. The highest BCUT2D eigenvalue weighted by Crippen LogP contribution is 2.44. The molecule has 10 heteroatoms. The molecule has 0 N–H and O–H groups in total. The smallest absolute Gasteiger partial charge is 0.164 e. The molecule has 13 aromatic carbocycles. The lowest BCUT2D eigenvalue weighted by molar-refractivity contribution is 1.07. The molecule has 0 saturated carbocycles. The van der Waals surface area contributed by atoms with Gasteiger partial charge in [0.2, 0.25) is 0 Å². The van der Waals surface area contributed by atoms with E-state index in [9.17, 15) is 0 Å². The quantitative estimate of drug-likeness (QED) is 0.126. The van der Waals surface area contributed by atoms with Crippen LogP contribution >= 0.6 is 11.6 Å². The van der Waals surface area contributed by atoms with E-state index in [1.165, 1.54) is 21.5 Å². The summed E-state index contributed by atoms with van der Waals surface area (Å²) < 4.78 is 4.50. The van der Waals surface area contributed by atoms with E-state index in [0.29, 0.717) is 22.5 Å². The van der Waals surface area contributed by atoms with E-state index >= 15 is 0 Å². The van der Waals surface area contributed by atoms with Crippen molar-refractivity contribution in [2.45, 2.75) is 0 Å². The first kappa shape index (κ1) is 60.6. The van der Waals surface area contributed by atoms with Gasteiger partial charge in [0.05, 0.1) is 45.2 Å². The Balaban J connectivity index is 0.000000157. The van der Waals surface area contributed by atoms with Crippen LogP contribution in [0.5, 0.6) is 0 Å². The maximum Gasteiger partial charge on any atom is 0.164 e. The van der Waals surface area contributed by atoms with Crippen LogP contribution in [0.4, 0.5) is 0 Å². The van der Waals surface area contributed by atoms with E-state index in [2.05, 4.69) is 252 Å². The van der Waals surface area contributed by atoms with Crippen LogP contribution < -0.4 is 0 Å². The highest BCUT2D eigenvalue weighted by atomic mass is 35.5. The summed E-state index contributed by atoms with van der Waals surface area (Å²) >= 11 is 6.56. The highest BCUT2D eigenvalue weighted by Gasteiger charge is 2.25. The molecule has 0 spiro atoms. The summed E-state index contributed by atoms with van der Waals surface area (Å²) in [4.78, 5) is 36.2. The summed E-state index contributed by atoms with van der Waals surface area (Å²) in [6.07, 6.45) is 4.30. The first-order chi connectivity index (χ1) is 51.0. The molecule has 0 saturated heterocycles. The van der Waals surface area contributed by atoms with E-state index in [-0.39, 0.29) is 0 Å². The topological polar surface area (TPSA) is 99.0 Å². The molecule has 7 aromatic heterocycles. The van der Waals surface area contributed by atoms with E-state index in [4.69, 9.17) is 46.5 Å². The van der Waals surface area contributed by atoms with Gasteiger partial charge in [0.15, 0.2) is 17.5 Å². The Hall–Kier alpha value is -13.6. The fourth-order valence-electron chi connectivity index (χ4n) is 14.5. The molecule has 0 bridgehead atoms. The third kappa shape index (κ3) is 11.0. The molecule has 103 heavy (non-hydrogen) atoms. The number of hydrogen-bond donors (Lipinski definition) is 0. The van der Waals surface area contributed by atoms with Crippen LogP contribution in [0.25, 0.3) is 189 Å². The lowest BCUT2D eigenvalue weighted by Gasteiger charge is -2.14. The third-order valence-corrected chi connectivity index (χ3v) is 19.7. The second kappa shape index (κ2) is 25.6. The fourth-order valence-corrected chi connectivity index (χ4v) is 14.7. The van der Waals surface area contributed by atoms with Crippen LogP contribution in [-0.2, 0) is 0 Å². The van der Waals surface area contributed by atoms with Crippen molar-refractivity contribution < 1.29 is 0 Å². The van der Waals surface area contributed by atoms with Crippen molar-refractivity contribution in [1.29, 1.82) is 0 Å². The van der Waals surface area contributed by atoms with Crippen LogP contribution in [0.1, 0.15) is 0 Å². The van der Waals surface area contributed by atoms with Crippen molar-refractivity contribution in [1.82, 2.24) is 43.7 Å². The Morgan fingerprint density at radius 1 is 0.214 bits per heavy atom. The summed E-state index contributed by atoms with van der Waals surface area (Å²) in [6, 6.07) is 118. The molecule has 20 aromatic rings. The van der Waals surface area contributed by atoms with Crippen molar-refractivity contribution in [3.05, 3.63) is 357 Å². The number of pyridine rings is 4. The zero-order valence-electron chi connectivity index (χ0n) is 55.4. The fraction of sp³-hybridized carbons (Fsp3) is 0. The van der Waals surface area contributed by atoms with Crippen LogP contribution in [0.2, 0.25) is 5.02 Å². The molecule has 482 valence electrons. The molecular weight excluding hydrogens is 1280 g/mol.